The Labute approximate surface area is 191 Å². The molecule has 0 bridgehead atoms. The number of aromatic nitrogens is 3. The first-order valence-corrected chi connectivity index (χ1v) is 10.5. The molecule has 2 unspecified atom stereocenters. The van der Waals surface area contributed by atoms with Crippen LogP contribution in [0.15, 0.2) is 18.5 Å². The van der Waals surface area contributed by atoms with E-state index in [1.807, 2.05) is 13.8 Å². The van der Waals surface area contributed by atoms with Gasteiger partial charge in [0.1, 0.15) is 11.4 Å². The Balaban J connectivity index is 1.87. The Morgan fingerprint density at radius 3 is 2.35 bits per heavy atom. The van der Waals surface area contributed by atoms with E-state index < -0.39 is 53.4 Å². The molecule has 0 aromatic carbocycles. The van der Waals surface area contributed by atoms with E-state index in [9.17, 15) is 36.7 Å². The van der Waals surface area contributed by atoms with Gasteiger partial charge in [-0.2, -0.15) is 31.3 Å². The molecule has 0 aliphatic heterocycles. The third-order valence-corrected chi connectivity index (χ3v) is 5.98. The summed E-state index contributed by atoms with van der Waals surface area (Å²) < 4.78 is 81.3. The van der Waals surface area contributed by atoms with Crippen molar-refractivity contribution in [1.29, 1.82) is 0 Å². The molecule has 2 heterocycles. The first-order valence-electron chi connectivity index (χ1n) is 10.5. The van der Waals surface area contributed by atoms with Gasteiger partial charge in [-0.25, -0.2) is 4.98 Å². The van der Waals surface area contributed by atoms with Crippen LogP contribution in [0.3, 0.4) is 0 Å². The molecule has 3 rings (SSSR count). The number of alkyl halides is 6. The second-order valence-corrected chi connectivity index (χ2v) is 9.13. The molecule has 2 aromatic heterocycles. The molecular formula is C21H26F6N5O2+. The number of pyridine rings is 1. The van der Waals surface area contributed by atoms with Gasteiger partial charge in [0.15, 0.2) is 0 Å². The van der Waals surface area contributed by atoms with Crippen LogP contribution in [-0.4, -0.2) is 32.4 Å². The van der Waals surface area contributed by atoms with Crippen LogP contribution in [0.4, 0.5) is 38.1 Å². The zero-order valence-corrected chi connectivity index (χ0v) is 18.7. The summed E-state index contributed by atoms with van der Waals surface area (Å²) in [5.74, 6) is -0.817. The fraction of sp³-hybridized carbons (Fsp3) is 0.571. The number of hydrogen-bond donors (Lipinski definition) is 4. The van der Waals surface area contributed by atoms with Crippen LogP contribution in [0.1, 0.15) is 55.5 Å². The van der Waals surface area contributed by atoms with Crippen molar-refractivity contribution in [3.63, 3.8) is 0 Å². The first-order chi connectivity index (χ1) is 15.6. The standard InChI is InChI=1S/C21H26F6N5O2/c1-11-6-14(20(22,23)24)12(10-32(11)34)8-28-18-29-9-15(21(25,26)27)17(31-18)30-13-4-5-16(33)19(2,3)7-13/h6,9-10,13,16,33-34H,4-5,7-8H2,1-3H3,(H2,28,29,30,31)/q+1. The largest absolute Gasteiger partial charge is 0.421 e. The van der Waals surface area contributed by atoms with Gasteiger partial charge >= 0.3 is 12.4 Å². The summed E-state index contributed by atoms with van der Waals surface area (Å²) in [4.78, 5) is 7.49. The Morgan fingerprint density at radius 1 is 1.12 bits per heavy atom. The number of halogens is 6. The van der Waals surface area contributed by atoms with E-state index in [4.69, 9.17) is 0 Å². The molecule has 0 spiro atoms. The van der Waals surface area contributed by atoms with Crippen LogP contribution >= 0.6 is 0 Å². The average molecular weight is 494 g/mol. The van der Waals surface area contributed by atoms with Gasteiger partial charge in [-0.3, -0.25) is 5.21 Å². The minimum Gasteiger partial charge on any atom is -0.393 e. The van der Waals surface area contributed by atoms with Crippen molar-refractivity contribution in [3.05, 3.63) is 40.8 Å². The zero-order chi connectivity index (χ0) is 25.5. The molecule has 34 heavy (non-hydrogen) atoms. The van der Waals surface area contributed by atoms with Crippen LogP contribution in [0.25, 0.3) is 0 Å². The fourth-order valence-electron chi connectivity index (χ4n) is 3.99. The van der Waals surface area contributed by atoms with Gasteiger partial charge < -0.3 is 15.7 Å². The van der Waals surface area contributed by atoms with Crippen LogP contribution in [0.5, 0.6) is 0 Å². The van der Waals surface area contributed by atoms with Gasteiger partial charge in [-0.1, -0.05) is 13.8 Å². The van der Waals surface area contributed by atoms with Crippen molar-refractivity contribution in [2.45, 2.75) is 71.1 Å². The molecule has 1 aliphatic rings. The van der Waals surface area contributed by atoms with Crippen LogP contribution in [0, 0.1) is 12.3 Å². The van der Waals surface area contributed by atoms with E-state index >= 15 is 0 Å². The lowest BCUT2D eigenvalue weighted by Gasteiger charge is -2.40. The first kappa shape index (κ1) is 25.8. The highest BCUT2D eigenvalue weighted by molar-refractivity contribution is 5.49. The smallest absolute Gasteiger partial charge is 0.393 e. The maximum Gasteiger partial charge on any atom is 0.421 e. The molecular weight excluding hydrogens is 468 g/mol. The van der Waals surface area contributed by atoms with E-state index in [1.54, 1.807) is 0 Å². The SMILES string of the molecule is Cc1cc(C(F)(F)F)c(CNc2ncc(C(F)(F)F)c(NC3CCC(O)C(C)(C)C3)n2)c[n+]1O. The Morgan fingerprint density at radius 2 is 1.76 bits per heavy atom. The maximum atomic E-state index is 13.5. The number of aliphatic hydroxyl groups is 1. The molecule has 2 atom stereocenters. The van der Waals surface area contributed by atoms with E-state index in [2.05, 4.69) is 20.6 Å². The molecule has 13 heteroatoms. The van der Waals surface area contributed by atoms with E-state index in [-0.39, 0.29) is 17.2 Å². The summed E-state index contributed by atoms with van der Waals surface area (Å²) in [7, 11) is 0. The molecule has 1 aliphatic carbocycles. The van der Waals surface area contributed by atoms with Gasteiger partial charge in [-0.05, 0) is 24.7 Å². The number of hydrogen-bond acceptors (Lipinski definition) is 6. The lowest BCUT2D eigenvalue weighted by atomic mass is 9.73. The normalized spacial score (nSPS) is 20.8. The summed E-state index contributed by atoms with van der Waals surface area (Å²) in [6, 6.07) is 0.362. The lowest BCUT2D eigenvalue weighted by Crippen LogP contribution is -2.41. The topological polar surface area (TPSA) is 94.2 Å². The monoisotopic (exact) mass is 494 g/mol. The lowest BCUT2D eigenvalue weighted by molar-refractivity contribution is -0.909. The van der Waals surface area contributed by atoms with Gasteiger partial charge in [0.05, 0.1) is 17.2 Å². The van der Waals surface area contributed by atoms with Crippen molar-refractivity contribution in [2.75, 3.05) is 10.6 Å². The summed E-state index contributed by atoms with van der Waals surface area (Å²) in [6.45, 7) is 4.42. The molecule has 2 aromatic rings. The third-order valence-electron chi connectivity index (χ3n) is 5.98. The van der Waals surface area contributed by atoms with E-state index in [1.165, 1.54) is 6.92 Å². The molecule has 0 radical (unpaired) electrons. The summed E-state index contributed by atoms with van der Waals surface area (Å²) in [5.41, 5.74) is -3.02. The van der Waals surface area contributed by atoms with Crippen LogP contribution < -0.4 is 15.4 Å². The van der Waals surface area contributed by atoms with Crippen molar-refractivity contribution in [2.24, 2.45) is 5.41 Å². The highest BCUT2D eigenvalue weighted by atomic mass is 19.4. The summed E-state index contributed by atoms with van der Waals surface area (Å²) in [6.07, 6.45) is -7.40. The molecule has 1 saturated carbocycles. The van der Waals surface area contributed by atoms with E-state index in [0.717, 1.165) is 12.3 Å². The minimum atomic E-state index is -4.76. The second-order valence-electron chi connectivity index (χ2n) is 9.13. The molecule has 7 nitrogen and oxygen atoms in total. The highest BCUT2D eigenvalue weighted by Crippen LogP contribution is 2.39. The predicted octanol–water partition coefficient (Wildman–Crippen LogP) is 4.31. The van der Waals surface area contributed by atoms with Crippen molar-refractivity contribution >= 4 is 11.8 Å². The van der Waals surface area contributed by atoms with Crippen molar-refractivity contribution in [3.8, 4) is 0 Å². The van der Waals surface area contributed by atoms with Crippen LogP contribution in [0.2, 0.25) is 0 Å². The van der Waals surface area contributed by atoms with Gasteiger partial charge in [0, 0.05) is 36.5 Å². The summed E-state index contributed by atoms with van der Waals surface area (Å²) >= 11 is 0. The van der Waals surface area contributed by atoms with Crippen molar-refractivity contribution in [1.82, 2.24) is 9.97 Å². The Kier molecular flexibility index (Phi) is 6.89. The Bertz CT molecular complexity index is 1040. The fourth-order valence-corrected chi connectivity index (χ4v) is 3.99. The van der Waals surface area contributed by atoms with Crippen molar-refractivity contribution < 1.29 is 41.4 Å². The van der Waals surface area contributed by atoms with E-state index in [0.29, 0.717) is 30.2 Å². The second kappa shape index (κ2) is 9.08. The minimum absolute atomic E-state index is 0.0473. The molecule has 1 fully saturated rings. The number of nitrogens with one attached hydrogen (secondary N) is 2. The highest BCUT2D eigenvalue weighted by Gasteiger charge is 2.39. The van der Waals surface area contributed by atoms with Gasteiger partial charge in [0.25, 0.3) is 0 Å². The number of anilines is 2. The van der Waals surface area contributed by atoms with Gasteiger partial charge in [-0.15, -0.1) is 0 Å². The summed E-state index contributed by atoms with van der Waals surface area (Å²) in [5, 5.41) is 25.1. The quantitative estimate of drug-likeness (QED) is 0.281. The zero-order valence-electron chi connectivity index (χ0n) is 18.7. The Hall–Kier alpha value is -2.83. The average Bonchev–Trinajstić information content (AvgIpc) is 2.69. The number of rotatable bonds is 5. The number of aliphatic hydroxyl groups excluding tert-OH is 1. The van der Waals surface area contributed by atoms with Crippen LogP contribution in [-0.2, 0) is 18.9 Å². The maximum absolute atomic E-state index is 13.5. The predicted molar refractivity (Wildman–Crippen MR) is 109 cm³/mol. The number of nitrogens with zero attached hydrogens (tertiary/aromatic N) is 3. The molecule has 4 N–H and O–H groups in total. The molecule has 188 valence electrons. The molecule has 0 saturated heterocycles. The third kappa shape index (κ3) is 5.80. The molecule has 0 amide bonds. The number of aryl methyl sites for hydroxylation is 1. The van der Waals surface area contributed by atoms with Gasteiger partial charge in [0.2, 0.25) is 17.8 Å².